The summed E-state index contributed by atoms with van der Waals surface area (Å²) in [6.45, 7) is 7.79. The van der Waals surface area contributed by atoms with E-state index < -0.39 is 18.0 Å². The average molecular weight is 334 g/mol. The molecule has 1 aromatic rings. The van der Waals surface area contributed by atoms with Crippen LogP contribution in [0, 0.1) is 24.7 Å². The molecule has 3 atom stereocenters. The van der Waals surface area contributed by atoms with Crippen LogP contribution in [-0.2, 0) is 11.3 Å². The molecule has 0 amide bonds. The third kappa shape index (κ3) is 3.97. The van der Waals surface area contributed by atoms with Crippen molar-refractivity contribution in [3.63, 3.8) is 0 Å². The second-order valence-corrected chi connectivity index (χ2v) is 6.69. The van der Waals surface area contributed by atoms with E-state index in [1.54, 1.807) is 6.92 Å². The number of hydrogen-bond donors (Lipinski definition) is 1. The fourth-order valence-electron chi connectivity index (χ4n) is 2.77. The predicted octanol–water partition coefficient (Wildman–Crippen LogP) is 1.43. The van der Waals surface area contributed by atoms with Gasteiger partial charge in [-0.2, -0.15) is 0 Å². The van der Waals surface area contributed by atoms with Crippen LogP contribution in [0.15, 0.2) is 15.8 Å². The first-order chi connectivity index (χ1) is 11.3. The van der Waals surface area contributed by atoms with E-state index in [0.29, 0.717) is 24.3 Å². The number of nitrogens with zero attached hydrogens (tertiary/aromatic N) is 2. The van der Waals surface area contributed by atoms with Crippen LogP contribution in [0.3, 0.4) is 0 Å². The number of aliphatic hydroxyl groups is 1. The third-order valence-corrected chi connectivity index (χ3v) is 4.16. The van der Waals surface area contributed by atoms with Crippen molar-refractivity contribution in [2.75, 3.05) is 0 Å². The number of aromatic nitrogens is 2. The van der Waals surface area contributed by atoms with Gasteiger partial charge >= 0.3 is 5.69 Å². The van der Waals surface area contributed by atoms with Crippen LogP contribution in [0.1, 0.15) is 51.8 Å². The molecule has 6 nitrogen and oxygen atoms in total. The second kappa shape index (κ2) is 7.82. The van der Waals surface area contributed by atoms with E-state index in [9.17, 15) is 14.7 Å². The number of aryl methyl sites for hydroxylation is 1. The zero-order valence-corrected chi connectivity index (χ0v) is 14.8. The Morgan fingerprint density at radius 1 is 1.38 bits per heavy atom. The summed E-state index contributed by atoms with van der Waals surface area (Å²) in [4.78, 5) is 24.9. The molecule has 2 rings (SSSR count). The molecule has 1 aromatic heterocycles. The van der Waals surface area contributed by atoms with Crippen LogP contribution in [0.5, 0.6) is 0 Å². The monoisotopic (exact) mass is 334 g/mol. The highest BCUT2D eigenvalue weighted by atomic mass is 16.5. The Bertz CT molecular complexity index is 751. The molecule has 1 aliphatic heterocycles. The van der Waals surface area contributed by atoms with E-state index in [1.165, 1.54) is 10.8 Å². The Balaban J connectivity index is 2.33. The van der Waals surface area contributed by atoms with E-state index in [2.05, 4.69) is 25.7 Å². The maximum absolute atomic E-state index is 12.7. The molecular weight excluding hydrogens is 308 g/mol. The lowest BCUT2D eigenvalue weighted by Gasteiger charge is -2.17. The Morgan fingerprint density at radius 3 is 2.67 bits per heavy atom. The molecular formula is C18H26N2O4. The SMILES string of the molecule is CC[C@H]1O[C@@H](n2cc(C)c(=O)n(CC#CCC(C)C)c2=O)C[C@H]1O. The summed E-state index contributed by atoms with van der Waals surface area (Å²) in [5, 5.41) is 10.00. The maximum atomic E-state index is 12.7. The molecule has 1 N–H and O–H groups in total. The van der Waals surface area contributed by atoms with Crippen LogP contribution in [0.25, 0.3) is 0 Å². The number of aliphatic hydroxyl groups excluding tert-OH is 1. The summed E-state index contributed by atoms with van der Waals surface area (Å²) in [5.74, 6) is 6.34. The molecule has 0 bridgehead atoms. The largest absolute Gasteiger partial charge is 0.390 e. The van der Waals surface area contributed by atoms with Crippen molar-refractivity contribution in [1.82, 2.24) is 9.13 Å². The number of ether oxygens (including phenoxy) is 1. The van der Waals surface area contributed by atoms with Crippen LogP contribution < -0.4 is 11.2 Å². The summed E-state index contributed by atoms with van der Waals surface area (Å²) in [7, 11) is 0. The summed E-state index contributed by atoms with van der Waals surface area (Å²) in [5.41, 5.74) is -0.322. The Labute approximate surface area is 142 Å². The molecule has 0 aliphatic carbocycles. The summed E-state index contributed by atoms with van der Waals surface area (Å²) < 4.78 is 8.30. The molecule has 1 fully saturated rings. The van der Waals surface area contributed by atoms with Gasteiger partial charge in [-0.25, -0.2) is 9.36 Å². The lowest BCUT2D eigenvalue weighted by atomic mass is 10.1. The Hall–Kier alpha value is -1.84. The predicted molar refractivity (Wildman–Crippen MR) is 91.8 cm³/mol. The molecule has 0 aromatic carbocycles. The van der Waals surface area contributed by atoms with Gasteiger partial charge in [0, 0.05) is 24.6 Å². The summed E-state index contributed by atoms with van der Waals surface area (Å²) in [6.07, 6.45) is 1.82. The highest BCUT2D eigenvalue weighted by Gasteiger charge is 2.34. The van der Waals surface area contributed by atoms with Crippen molar-refractivity contribution in [2.24, 2.45) is 5.92 Å². The molecule has 0 spiro atoms. The van der Waals surface area contributed by atoms with E-state index in [-0.39, 0.29) is 18.2 Å². The molecule has 0 radical (unpaired) electrons. The zero-order chi connectivity index (χ0) is 17.9. The normalized spacial score (nSPS) is 23.3. The lowest BCUT2D eigenvalue weighted by Crippen LogP contribution is -2.42. The van der Waals surface area contributed by atoms with E-state index >= 15 is 0 Å². The third-order valence-electron chi connectivity index (χ3n) is 4.16. The minimum absolute atomic E-state index is 0.0680. The van der Waals surface area contributed by atoms with Gasteiger partial charge in [-0.1, -0.05) is 26.7 Å². The second-order valence-electron chi connectivity index (χ2n) is 6.69. The van der Waals surface area contributed by atoms with Gasteiger partial charge < -0.3 is 9.84 Å². The van der Waals surface area contributed by atoms with E-state index in [4.69, 9.17) is 4.74 Å². The van der Waals surface area contributed by atoms with Crippen molar-refractivity contribution in [3.8, 4) is 11.8 Å². The highest BCUT2D eigenvalue weighted by molar-refractivity contribution is 5.07. The standard InChI is InChI=1S/C18H26N2O4/c1-5-15-14(21)10-16(24-15)20-11-13(4)17(22)19(18(20)23)9-7-6-8-12(2)3/h11-12,14-16,21H,5,8-10H2,1-4H3/t14-,15-,16-/m1/s1. The van der Waals surface area contributed by atoms with Crippen molar-refractivity contribution >= 4 is 0 Å². The average Bonchev–Trinajstić information content (AvgIpc) is 2.90. The Morgan fingerprint density at radius 2 is 2.08 bits per heavy atom. The molecule has 24 heavy (non-hydrogen) atoms. The maximum Gasteiger partial charge on any atom is 0.333 e. The van der Waals surface area contributed by atoms with Crippen molar-refractivity contribution in [1.29, 1.82) is 0 Å². The van der Waals surface area contributed by atoms with E-state index in [1.807, 2.05) is 6.92 Å². The van der Waals surface area contributed by atoms with Gasteiger partial charge in [0.05, 0.1) is 18.8 Å². The zero-order valence-electron chi connectivity index (χ0n) is 14.8. The van der Waals surface area contributed by atoms with Gasteiger partial charge in [-0.3, -0.25) is 9.36 Å². The van der Waals surface area contributed by atoms with Crippen LogP contribution in [0.4, 0.5) is 0 Å². The lowest BCUT2D eigenvalue weighted by molar-refractivity contribution is -0.0223. The van der Waals surface area contributed by atoms with Crippen LogP contribution >= 0.6 is 0 Å². The minimum Gasteiger partial charge on any atom is -0.390 e. The van der Waals surface area contributed by atoms with Crippen molar-refractivity contribution in [2.45, 2.75) is 71.9 Å². The molecule has 1 aliphatic rings. The topological polar surface area (TPSA) is 73.5 Å². The van der Waals surface area contributed by atoms with Gasteiger partial charge in [0.25, 0.3) is 5.56 Å². The first-order valence-electron chi connectivity index (χ1n) is 8.47. The quantitative estimate of drug-likeness (QED) is 0.846. The van der Waals surface area contributed by atoms with Gasteiger partial charge in [0.1, 0.15) is 6.23 Å². The van der Waals surface area contributed by atoms with Gasteiger partial charge in [-0.15, -0.1) is 5.92 Å². The molecule has 0 saturated carbocycles. The summed E-state index contributed by atoms with van der Waals surface area (Å²) in [6, 6.07) is 0. The van der Waals surface area contributed by atoms with E-state index in [0.717, 1.165) is 11.0 Å². The van der Waals surface area contributed by atoms with Crippen molar-refractivity contribution < 1.29 is 9.84 Å². The first-order valence-corrected chi connectivity index (χ1v) is 8.47. The number of rotatable bonds is 4. The smallest absolute Gasteiger partial charge is 0.333 e. The molecule has 132 valence electrons. The molecule has 2 heterocycles. The van der Waals surface area contributed by atoms with Crippen molar-refractivity contribution in [3.05, 3.63) is 32.6 Å². The molecule has 6 heteroatoms. The Kier molecular flexibility index (Phi) is 6.03. The molecule has 1 saturated heterocycles. The summed E-state index contributed by atoms with van der Waals surface area (Å²) >= 11 is 0. The fraction of sp³-hybridized carbons (Fsp3) is 0.667. The van der Waals surface area contributed by atoms with Gasteiger partial charge in [0.15, 0.2) is 0 Å². The highest BCUT2D eigenvalue weighted by Crippen LogP contribution is 2.29. The first kappa shape index (κ1) is 18.5. The van der Waals surface area contributed by atoms with Gasteiger partial charge in [-0.05, 0) is 19.3 Å². The van der Waals surface area contributed by atoms with Gasteiger partial charge in [0.2, 0.25) is 0 Å². The van der Waals surface area contributed by atoms with Crippen LogP contribution in [-0.4, -0.2) is 26.4 Å². The van der Waals surface area contributed by atoms with Crippen LogP contribution in [0.2, 0.25) is 0 Å². The fourth-order valence-corrected chi connectivity index (χ4v) is 2.77. The number of hydrogen-bond acceptors (Lipinski definition) is 4. The minimum atomic E-state index is -0.599. The molecule has 0 unspecified atom stereocenters.